The summed E-state index contributed by atoms with van der Waals surface area (Å²) in [5.74, 6) is 0.760. The lowest BCUT2D eigenvalue weighted by Gasteiger charge is -2.32. The molecule has 1 saturated heterocycles. The minimum Gasteiger partial charge on any atom is -0.491 e. The molecule has 2 amide bonds. The summed E-state index contributed by atoms with van der Waals surface area (Å²) in [4.78, 5) is 17.8. The minimum absolute atomic E-state index is 0.0578. The van der Waals surface area contributed by atoms with Gasteiger partial charge in [0.1, 0.15) is 18.2 Å². The van der Waals surface area contributed by atoms with E-state index in [1.165, 1.54) is 23.1 Å². The van der Waals surface area contributed by atoms with Crippen molar-refractivity contribution >= 4 is 16.9 Å². The quantitative estimate of drug-likeness (QED) is 0.660. The normalized spacial score (nSPS) is 16.0. The van der Waals surface area contributed by atoms with Gasteiger partial charge in [0.2, 0.25) is 0 Å². The van der Waals surface area contributed by atoms with Gasteiger partial charge in [-0.3, -0.25) is 0 Å². The first-order chi connectivity index (χ1) is 14.1. The molecule has 0 aliphatic carbocycles. The highest BCUT2D eigenvalue weighted by Gasteiger charge is 2.26. The monoisotopic (exact) mass is 395 g/mol. The van der Waals surface area contributed by atoms with Gasteiger partial charge in [-0.1, -0.05) is 18.2 Å². The number of carbonyl (C=O) groups excluding carboxylic acids is 1. The Balaban J connectivity index is 1.26. The Morgan fingerprint density at radius 1 is 1.21 bits per heavy atom. The summed E-state index contributed by atoms with van der Waals surface area (Å²) < 4.78 is 18.6. The van der Waals surface area contributed by atoms with Crippen LogP contribution in [0.25, 0.3) is 10.9 Å². The Labute approximate surface area is 169 Å². The third-order valence-electron chi connectivity index (χ3n) is 5.53. The summed E-state index contributed by atoms with van der Waals surface area (Å²) in [5.41, 5.74) is 2.51. The van der Waals surface area contributed by atoms with Gasteiger partial charge in [-0.15, -0.1) is 0 Å². The number of likely N-dealkylation sites (tertiary alicyclic amines) is 1. The second-order valence-electron chi connectivity index (χ2n) is 7.67. The van der Waals surface area contributed by atoms with Crippen LogP contribution in [0.5, 0.6) is 5.75 Å². The predicted molar refractivity (Wildman–Crippen MR) is 112 cm³/mol. The van der Waals surface area contributed by atoms with E-state index in [9.17, 15) is 9.18 Å². The number of rotatable bonds is 5. The summed E-state index contributed by atoms with van der Waals surface area (Å²) in [5, 5.41) is 4.27. The molecule has 1 aliphatic heterocycles. The van der Waals surface area contributed by atoms with Crippen molar-refractivity contribution in [1.29, 1.82) is 0 Å². The number of H-pyrrole nitrogens is 1. The van der Waals surface area contributed by atoms with E-state index in [2.05, 4.69) is 34.7 Å². The summed E-state index contributed by atoms with van der Waals surface area (Å²) in [6.45, 7) is 3.71. The van der Waals surface area contributed by atoms with E-state index in [1.807, 2.05) is 17.9 Å². The lowest BCUT2D eigenvalue weighted by atomic mass is 9.89. The number of hydrogen-bond acceptors (Lipinski definition) is 2. The number of halogens is 1. The number of piperidine rings is 1. The number of aromatic amines is 1. The van der Waals surface area contributed by atoms with Gasteiger partial charge in [-0.25, -0.2) is 9.18 Å². The van der Waals surface area contributed by atoms with Crippen molar-refractivity contribution < 1.29 is 13.9 Å². The number of fused-ring (bicyclic) bond motifs is 1. The fourth-order valence-corrected chi connectivity index (χ4v) is 3.92. The van der Waals surface area contributed by atoms with Crippen LogP contribution in [0.4, 0.5) is 9.18 Å². The standard InChI is InChI=1S/C23H26FN3O2/c1-16(15-29-19-8-6-18(24)7-9-19)26-23(28)27-12-10-17(11-13-27)21-14-25-22-5-3-2-4-20(21)22/h2-9,14,16-17,25H,10-13,15H2,1H3,(H,26,28). The van der Waals surface area contributed by atoms with Gasteiger partial charge in [0.05, 0.1) is 6.04 Å². The van der Waals surface area contributed by atoms with Crippen molar-refractivity contribution in [3.8, 4) is 5.75 Å². The maximum atomic E-state index is 12.9. The molecule has 1 unspecified atom stereocenters. The molecule has 1 atom stereocenters. The van der Waals surface area contributed by atoms with Gasteiger partial charge in [0.15, 0.2) is 0 Å². The molecule has 2 heterocycles. The number of aromatic nitrogens is 1. The van der Waals surface area contributed by atoms with Gasteiger partial charge in [-0.2, -0.15) is 0 Å². The Bertz CT molecular complexity index is 962. The Hall–Kier alpha value is -3.02. The fraction of sp³-hybridized carbons (Fsp3) is 0.348. The molecule has 0 radical (unpaired) electrons. The third kappa shape index (κ3) is 4.53. The molecular weight excluding hydrogens is 369 g/mol. The van der Waals surface area contributed by atoms with Crippen molar-refractivity contribution in [2.24, 2.45) is 0 Å². The average Bonchev–Trinajstić information content (AvgIpc) is 3.17. The molecule has 152 valence electrons. The predicted octanol–water partition coefficient (Wildman–Crippen LogP) is 4.66. The zero-order chi connectivity index (χ0) is 20.2. The van der Waals surface area contributed by atoms with E-state index in [1.54, 1.807) is 12.1 Å². The van der Waals surface area contributed by atoms with Crippen molar-refractivity contribution in [1.82, 2.24) is 15.2 Å². The molecule has 0 bridgehead atoms. The molecule has 5 nitrogen and oxygen atoms in total. The van der Waals surface area contributed by atoms with E-state index >= 15 is 0 Å². The van der Waals surface area contributed by atoms with Crippen LogP contribution in [0.15, 0.2) is 54.7 Å². The molecule has 0 saturated carbocycles. The third-order valence-corrected chi connectivity index (χ3v) is 5.53. The second-order valence-corrected chi connectivity index (χ2v) is 7.67. The number of benzene rings is 2. The second kappa shape index (κ2) is 8.55. The largest absolute Gasteiger partial charge is 0.491 e. The van der Waals surface area contributed by atoms with Crippen LogP contribution in [-0.2, 0) is 0 Å². The molecule has 1 aliphatic rings. The molecule has 6 heteroatoms. The van der Waals surface area contributed by atoms with Crippen LogP contribution < -0.4 is 10.1 Å². The highest BCUT2D eigenvalue weighted by atomic mass is 19.1. The highest BCUT2D eigenvalue weighted by molar-refractivity contribution is 5.83. The SMILES string of the molecule is CC(COc1ccc(F)cc1)NC(=O)N1CCC(c2c[nH]c3ccccc23)CC1. The fourth-order valence-electron chi connectivity index (χ4n) is 3.92. The lowest BCUT2D eigenvalue weighted by molar-refractivity contribution is 0.173. The molecule has 1 fully saturated rings. The lowest BCUT2D eigenvalue weighted by Crippen LogP contribution is -2.48. The molecule has 1 aromatic heterocycles. The van der Waals surface area contributed by atoms with E-state index in [0.29, 0.717) is 18.3 Å². The molecular formula is C23H26FN3O2. The number of nitrogens with zero attached hydrogens (tertiary/aromatic N) is 1. The first-order valence-corrected chi connectivity index (χ1v) is 10.1. The summed E-state index contributed by atoms with van der Waals surface area (Å²) >= 11 is 0. The van der Waals surface area contributed by atoms with Crippen LogP contribution in [0, 0.1) is 5.82 Å². The van der Waals surface area contributed by atoms with Crippen molar-refractivity contribution in [2.45, 2.75) is 31.7 Å². The van der Waals surface area contributed by atoms with Crippen molar-refractivity contribution in [3.05, 3.63) is 66.1 Å². The molecule has 2 aromatic carbocycles. The number of ether oxygens (including phenoxy) is 1. The molecule has 29 heavy (non-hydrogen) atoms. The molecule has 3 aromatic rings. The molecule has 0 spiro atoms. The van der Waals surface area contributed by atoms with Crippen molar-refractivity contribution in [3.63, 3.8) is 0 Å². The maximum absolute atomic E-state index is 12.9. The number of para-hydroxylation sites is 1. The number of amides is 2. The summed E-state index contributed by atoms with van der Waals surface area (Å²) in [6, 6.07) is 14.0. The van der Waals surface area contributed by atoms with Gasteiger partial charge < -0.3 is 19.9 Å². The van der Waals surface area contributed by atoms with Gasteiger partial charge in [0.25, 0.3) is 0 Å². The highest BCUT2D eigenvalue weighted by Crippen LogP contribution is 2.33. The molecule has 2 N–H and O–H groups in total. The van der Waals surface area contributed by atoms with E-state index in [0.717, 1.165) is 31.4 Å². The van der Waals surface area contributed by atoms with Crippen molar-refractivity contribution in [2.75, 3.05) is 19.7 Å². The number of hydrogen-bond donors (Lipinski definition) is 2. The summed E-state index contributed by atoms with van der Waals surface area (Å²) in [7, 11) is 0. The van der Waals surface area contributed by atoms with Crippen LogP contribution >= 0.6 is 0 Å². The van der Waals surface area contributed by atoms with Gasteiger partial charge >= 0.3 is 6.03 Å². The smallest absolute Gasteiger partial charge is 0.317 e. The Kier molecular flexibility index (Phi) is 5.69. The van der Waals surface area contributed by atoms with E-state index in [-0.39, 0.29) is 17.9 Å². The zero-order valence-electron chi connectivity index (χ0n) is 16.5. The first-order valence-electron chi connectivity index (χ1n) is 10.1. The maximum Gasteiger partial charge on any atom is 0.317 e. The Morgan fingerprint density at radius 3 is 2.69 bits per heavy atom. The number of carbonyl (C=O) groups is 1. The topological polar surface area (TPSA) is 57.4 Å². The number of nitrogens with one attached hydrogen (secondary N) is 2. The minimum atomic E-state index is -0.297. The van der Waals surface area contributed by atoms with E-state index in [4.69, 9.17) is 4.74 Å². The average molecular weight is 395 g/mol. The number of urea groups is 1. The van der Waals surface area contributed by atoms with Crippen LogP contribution in [0.3, 0.4) is 0 Å². The van der Waals surface area contributed by atoms with Gasteiger partial charge in [0, 0.05) is 30.2 Å². The summed E-state index contributed by atoms with van der Waals surface area (Å²) in [6.07, 6.45) is 4.02. The molecule has 4 rings (SSSR count). The first kappa shape index (κ1) is 19.3. The van der Waals surface area contributed by atoms with E-state index < -0.39 is 0 Å². The van der Waals surface area contributed by atoms with Gasteiger partial charge in [-0.05, 0) is 61.6 Å². The Morgan fingerprint density at radius 2 is 1.93 bits per heavy atom. The van der Waals surface area contributed by atoms with Crippen LogP contribution in [0.1, 0.15) is 31.2 Å². The van der Waals surface area contributed by atoms with Crippen LogP contribution in [-0.4, -0.2) is 41.7 Å². The zero-order valence-corrected chi connectivity index (χ0v) is 16.5. The van der Waals surface area contributed by atoms with Crippen LogP contribution in [0.2, 0.25) is 0 Å².